The summed E-state index contributed by atoms with van der Waals surface area (Å²) in [5.74, 6) is 0. The Kier molecular flexibility index (Phi) is 2.28. The fourth-order valence-electron chi connectivity index (χ4n) is 4.59. The molecular weight excluding hydrogens is 288 g/mol. The van der Waals surface area contributed by atoms with Crippen LogP contribution in [0.15, 0.2) is 66.7 Å². The summed E-state index contributed by atoms with van der Waals surface area (Å²) >= 11 is 0. The SMILES string of the molecule is C1=c2ccc3c4c(ccc(c24)CC1)cc1ccc2ccccc2c13. The predicted molar refractivity (Wildman–Crippen MR) is 104 cm³/mol. The minimum Gasteiger partial charge on any atom is -0.0763 e. The van der Waals surface area contributed by atoms with E-state index in [9.17, 15) is 0 Å². The van der Waals surface area contributed by atoms with Gasteiger partial charge < -0.3 is 0 Å². The van der Waals surface area contributed by atoms with Gasteiger partial charge in [0.2, 0.25) is 0 Å². The molecule has 0 radical (unpaired) electrons. The van der Waals surface area contributed by atoms with Crippen molar-refractivity contribution in [3.05, 3.63) is 77.5 Å². The van der Waals surface area contributed by atoms with Crippen molar-refractivity contribution in [1.29, 1.82) is 0 Å². The number of hydrogen-bond acceptors (Lipinski definition) is 0. The summed E-state index contributed by atoms with van der Waals surface area (Å²) in [6, 6.07) is 24.9. The van der Waals surface area contributed by atoms with Crippen molar-refractivity contribution in [1.82, 2.24) is 0 Å². The van der Waals surface area contributed by atoms with E-state index in [0.29, 0.717) is 0 Å². The molecular formula is C24H16. The zero-order valence-corrected chi connectivity index (χ0v) is 13.3. The van der Waals surface area contributed by atoms with Gasteiger partial charge in [-0.3, -0.25) is 0 Å². The van der Waals surface area contributed by atoms with Crippen molar-refractivity contribution < 1.29 is 0 Å². The Morgan fingerprint density at radius 1 is 0.583 bits per heavy atom. The van der Waals surface area contributed by atoms with Gasteiger partial charge in [0.1, 0.15) is 0 Å². The molecule has 0 bridgehead atoms. The summed E-state index contributed by atoms with van der Waals surface area (Å²) in [6.07, 6.45) is 4.72. The third-order valence-electron chi connectivity index (χ3n) is 5.63. The first-order valence-electron chi connectivity index (χ1n) is 8.69. The first kappa shape index (κ1) is 12.5. The third-order valence-corrected chi connectivity index (χ3v) is 5.63. The number of fused-ring (bicyclic) bond motifs is 4. The molecule has 0 amide bonds. The van der Waals surface area contributed by atoms with E-state index in [-0.39, 0.29) is 0 Å². The first-order chi connectivity index (χ1) is 11.9. The van der Waals surface area contributed by atoms with Gasteiger partial charge in [0.25, 0.3) is 0 Å². The van der Waals surface area contributed by atoms with Gasteiger partial charge in [-0.1, -0.05) is 66.7 Å². The van der Waals surface area contributed by atoms with Gasteiger partial charge in [0.15, 0.2) is 0 Å². The molecule has 0 fully saturated rings. The largest absolute Gasteiger partial charge is 0.0763 e. The first-order valence-corrected chi connectivity index (χ1v) is 8.69. The van der Waals surface area contributed by atoms with Crippen LogP contribution in [0, 0.1) is 0 Å². The van der Waals surface area contributed by atoms with Crippen LogP contribution in [0.1, 0.15) is 12.0 Å². The summed E-state index contributed by atoms with van der Waals surface area (Å²) in [5, 5.41) is 12.5. The standard InChI is InChI=1S/C24H16/c1-2-7-20-15(4-1)8-10-18-14-19-11-9-16-5-3-6-17-12-13-21(23(18)20)24(19)22(16)17/h1-2,4,6-14H,3,5H2. The van der Waals surface area contributed by atoms with Gasteiger partial charge >= 0.3 is 0 Å². The van der Waals surface area contributed by atoms with E-state index >= 15 is 0 Å². The van der Waals surface area contributed by atoms with Gasteiger partial charge in [-0.15, -0.1) is 0 Å². The second-order valence-corrected chi connectivity index (χ2v) is 6.90. The molecule has 0 aromatic heterocycles. The van der Waals surface area contributed by atoms with Crippen molar-refractivity contribution in [3.63, 3.8) is 0 Å². The minimum absolute atomic E-state index is 1.16. The van der Waals surface area contributed by atoms with Crippen LogP contribution in [-0.4, -0.2) is 0 Å². The van der Waals surface area contributed by atoms with Gasteiger partial charge in [0.05, 0.1) is 0 Å². The van der Waals surface area contributed by atoms with Gasteiger partial charge in [-0.2, -0.15) is 0 Å². The maximum atomic E-state index is 2.40. The highest BCUT2D eigenvalue weighted by molar-refractivity contribution is 6.28. The third kappa shape index (κ3) is 1.48. The average molecular weight is 304 g/mol. The molecule has 5 aromatic carbocycles. The average Bonchev–Trinajstić information content (AvgIpc) is 2.65. The van der Waals surface area contributed by atoms with Crippen LogP contribution in [-0.2, 0) is 6.42 Å². The second kappa shape index (κ2) is 4.36. The molecule has 0 heteroatoms. The number of aryl methyl sites for hydroxylation is 1. The van der Waals surface area contributed by atoms with E-state index in [1.54, 1.807) is 0 Å². The number of rotatable bonds is 0. The van der Waals surface area contributed by atoms with Crippen LogP contribution in [0.3, 0.4) is 0 Å². The lowest BCUT2D eigenvalue weighted by Gasteiger charge is -2.17. The molecule has 0 heterocycles. The van der Waals surface area contributed by atoms with E-state index in [4.69, 9.17) is 0 Å². The predicted octanol–water partition coefficient (Wildman–Crippen LogP) is 5.75. The molecule has 112 valence electrons. The highest BCUT2D eigenvalue weighted by atomic mass is 14.2. The zero-order chi connectivity index (χ0) is 15.7. The highest BCUT2D eigenvalue weighted by Gasteiger charge is 2.14. The van der Waals surface area contributed by atoms with Gasteiger partial charge in [0, 0.05) is 0 Å². The molecule has 1 aliphatic rings. The van der Waals surface area contributed by atoms with E-state index in [1.807, 2.05) is 0 Å². The van der Waals surface area contributed by atoms with Crippen molar-refractivity contribution in [3.8, 4) is 0 Å². The lowest BCUT2D eigenvalue weighted by molar-refractivity contribution is 1.04. The monoisotopic (exact) mass is 304 g/mol. The van der Waals surface area contributed by atoms with Crippen LogP contribution in [0.4, 0.5) is 0 Å². The summed E-state index contributed by atoms with van der Waals surface area (Å²) in [4.78, 5) is 0. The fourth-order valence-corrected chi connectivity index (χ4v) is 4.59. The molecule has 0 nitrogen and oxygen atoms in total. The molecule has 0 spiro atoms. The van der Waals surface area contributed by atoms with Gasteiger partial charge in [-0.05, 0) is 72.8 Å². The lowest BCUT2D eigenvalue weighted by Crippen LogP contribution is -2.09. The molecule has 0 unspecified atom stereocenters. The van der Waals surface area contributed by atoms with E-state index in [1.165, 1.54) is 53.9 Å². The molecule has 0 saturated carbocycles. The maximum Gasteiger partial charge on any atom is -0.00235 e. The molecule has 24 heavy (non-hydrogen) atoms. The van der Waals surface area contributed by atoms with E-state index in [2.05, 4.69) is 72.8 Å². The van der Waals surface area contributed by atoms with E-state index < -0.39 is 0 Å². The molecule has 6 rings (SSSR count). The van der Waals surface area contributed by atoms with Crippen molar-refractivity contribution in [2.24, 2.45) is 0 Å². The van der Waals surface area contributed by atoms with E-state index in [0.717, 1.165) is 12.8 Å². The van der Waals surface area contributed by atoms with Crippen LogP contribution in [0.25, 0.3) is 49.2 Å². The lowest BCUT2D eigenvalue weighted by atomic mass is 9.87. The van der Waals surface area contributed by atoms with Crippen molar-refractivity contribution in [2.45, 2.75) is 12.8 Å². The Morgan fingerprint density at radius 2 is 1.42 bits per heavy atom. The Balaban J connectivity index is 2.01. The molecule has 0 aliphatic heterocycles. The maximum absolute atomic E-state index is 2.40. The van der Waals surface area contributed by atoms with Crippen LogP contribution >= 0.6 is 0 Å². The molecule has 0 saturated heterocycles. The molecule has 1 aliphatic carbocycles. The van der Waals surface area contributed by atoms with Crippen molar-refractivity contribution >= 4 is 49.2 Å². The van der Waals surface area contributed by atoms with Crippen LogP contribution in [0.2, 0.25) is 0 Å². The Labute approximate surface area is 140 Å². The second-order valence-electron chi connectivity index (χ2n) is 6.90. The molecule has 0 atom stereocenters. The van der Waals surface area contributed by atoms with Crippen LogP contribution < -0.4 is 5.22 Å². The normalized spacial score (nSPS) is 13.8. The smallest absolute Gasteiger partial charge is 0.00235 e. The zero-order valence-electron chi connectivity index (χ0n) is 13.3. The molecule has 0 N–H and O–H groups in total. The Morgan fingerprint density at radius 3 is 2.42 bits per heavy atom. The Hall–Kier alpha value is -2.86. The summed E-state index contributed by atoms with van der Waals surface area (Å²) in [5.41, 5.74) is 1.50. The van der Waals surface area contributed by atoms with Crippen molar-refractivity contribution in [2.75, 3.05) is 0 Å². The van der Waals surface area contributed by atoms with Crippen LogP contribution in [0.5, 0.6) is 0 Å². The summed E-state index contributed by atoms with van der Waals surface area (Å²) in [6.45, 7) is 0. The Bertz CT molecular complexity index is 1340. The summed E-state index contributed by atoms with van der Waals surface area (Å²) in [7, 11) is 0. The highest BCUT2D eigenvalue weighted by Crippen LogP contribution is 2.37. The van der Waals surface area contributed by atoms with Gasteiger partial charge in [-0.25, -0.2) is 0 Å². The fraction of sp³-hybridized carbons (Fsp3) is 0.0833. The number of benzene rings is 5. The molecule has 5 aromatic rings. The minimum atomic E-state index is 1.16. The topological polar surface area (TPSA) is 0 Å². The quantitative estimate of drug-likeness (QED) is 0.252. The number of hydrogen-bond donors (Lipinski definition) is 0. The summed E-state index contributed by atoms with van der Waals surface area (Å²) < 4.78 is 0.